The van der Waals surface area contributed by atoms with Crippen molar-refractivity contribution in [3.05, 3.63) is 57.5 Å². The number of rotatable bonds is 4. The summed E-state index contributed by atoms with van der Waals surface area (Å²) in [5.41, 5.74) is 2.96. The molecule has 2 aliphatic carbocycles. The quantitative estimate of drug-likeness (QED) is 0.801. The molecule has 2 aliphatic heterocycles. The average Bonchev–Trinajstić information content (AvgIpc) is 3.33. The predicted octanol–water partition coefficient (Wildman–Crippen LogP) is 2.48. The molecule has 7 heteroatoms. The minimum absolute atomic E-state index is 0.00607. The molecule has 7 nitrogen and oxygen atoms in total. The van der Waals surface area contributed by atoms with Crippen molar-refractivity contribution in [2.45, 2.75) is 57.5 Å². The third kappa shape index (κ3) is 3.66. The largest absolute Gasteiger partial charge is 0.342 e. The second kappa shape index (κ2) is 8.10. The highest BCUT2D eigenvalue weighted by Gasteiger charge is 2.56. The molecule has 2 aromatic rings. The van der Waals surface area contributed by atoms with E-state index in [1.165, 1.54) is 31.2 Å². The molecule has 4 heterocycles. The van der Waals surface area contributed by atoms with Crippen LogP contribution in [0.3, 0.4) is 0 Å². The molecule has 1 saturated heterocycles. The second-order valence-electron chi connectivity index (χ2n) is 10.1. The maximum absolute atomic E-state index is 13.1. The number of aromatic nitrogens is 3. The van der Waals surface area contributed by atoms with Crippen molar-refractivity contribution in [3.63, 3.8) is 0 Å². The van der Waals surface area contributed by atoms with Gasteiger partial charge in [0.25, 0.3) is 5.56 Å². The van der Waals surface area contributed by atoms with Crippen molar-refractivity contribution in [1.29, 1.82) is 0 Å². The van der Waals surface area contributed by atoms with Crippen LogP contribution in [0, 0.1) is 17.8 Å². The Kier molecular flexibility index (Phi) is 5.09. The number of aromatic amines is 1. The van der Waals surface area contributed by atoms with Gasteiger partial charge in [-0.2, -0.15) is 0 Å². The Labute approximate surface area is 188 Å². The van der Waals surface area contributed by atoms with Gasteiger partial charge in [0.1, 0.15) is 5.82 Å². The fraction of sp³-hybridized carbons (Fsp3) is 0.600. The maximum atomic E-state index is 13.1. The van der Waals surface area contributed by atoms with Crippen molar-refractivity contribution >= 4 is 5.91 Å². The summed E-state index contributed by atoms with van der Waals surface area (Å²) < 4.78 is 0. The predicted molar refractivity (Wildman–Crippen MR) is 120 cm³/mol. The molecule has 0 unspecified atom stereocenters. The van der Waals surface area contributed by atoms with Crippen molar-refractivity contribution in [3.8, 4) is 0 Å². The molecule has 1 amide bonds. The van der Waals surface area contributed by atoms with E-state index in [0.717, 1.165) is 49.6 Å². The van der Waals surface area contributed by atoms with E-state index in [0.29, 0.717) is 30.8 Å². The Morgan fingerprint density at radius 2 is 1.88 bits per heavy atom. The minimum atomic E-state index is 0.00607. The van der Waals surface area contributed by atoms with E-state index in [4.69, 9.17) is 4.98 Å². The van der Waals surface area contributed by atoms with Gasteiger partial charge in [0.15, 0.2) is 0 Å². The number of carbonyl (C=O) groups is 1. The van der Waals surface area contributed by atoms with E-state index in [-0.39, 0.29) is 17.4 Å². The van der Waals surface area contributed by atoms with Gasteiger partial charge >= 0.3 is 0 Å². The van der Waals surface area contributed by atoms with Crippen LogP contribution in [0.2, 0.25) is 0 Å². The first kappa shape index (κ1) is 20.1. The molecule has 1 N–H and O–H groups in total. The second-order valence-corrected chi connectivity index (χ2v) is 10.1. The first-order valence-electron chi connectivity index (χ1n) is 12.2. The highest BCUT2D eigenvalue weighted by atomic mass is 16.2. The summed E-state index contributed by atoms with van der Waals surface area (Å²) in [5, 5.41) is 0. The average molecular weight is 434 g/mol. The summed E-state index contributed by atoms with van der Waals surface area (Å²) in [4.78, 5) is 42.4. The Hall–Kier alpha value is -2.54. The normalized spacial score (nSPS) is 29.4. The zero-order valence-electron chi connectivity index (χ0n) is 18.5. The molecule has 3 fully saturated rings. The molecule has 0 radical (unpaired) electrons. The van der Waals surface area contributed by atoms with Crippen molar-refractivity contribution in [2.24, 2.45) is 17.8 Å². The number of amides is 1. The molecule has 32 heavy (non-hydrogen) atoms. The number of hydrogen-bond donors (Lipinski definition) is 1. The van der Waals surface area contributed by atoms with E-state index >= 15 is 0 Å². The molecule has 0 spiro atoms. The van der Waals surface area contributed by atoms with Crippen LogP contribution in [0.5, 0.6) is 0 Å². The molecule has 168 valence electrons. The third-order valence-electron chi connectivity index (χ3n) is 8.15. The standard InChI is InChI=1S/C25H31N5O2/c31-24-20-8-11-29(13-16-5-9-26-10-6-16)15-21(20)27-23(28-24)17-7-12-30(14-17)25(32)22-18-3-1-2-4-19(18)22/h5-6,9-10,17-19,22H,1-4,7-8,11-15H2,(H,27,28,31)/t17-,18+,19+/m1/s1. The SMILES string of the molecule is O=C(C1[C@H]2CCCC[C@H]12)N1CC[C@@H](c2nc3c(c(=O)[nH]2)CCN(Cc2ccncc2)C3)C1. The number of nitrogens with one attached hydrogen (secondary N) is 1. The molecular weight excluding hydrogens is 402 g/mol. The lowest BCUT2D eigenvalue weighted by atomic mass is 10.0. The Morgan fingerprint density at radius 1 is 1.09 bits per heavy atom. The highest BCUT2D eigenvalue weighted by molar-refractivity contribution is 5.82. The van der Waals surface area contributed by atoms with Gasteiger partial charge in [0.2, 0.25) is 5.91 Å². The zero-order valence-corrected chi connectivity index (χ0v) is 18.5. The van der Waals surface area contributed by atoms with Gasteiger partial charge < -0.3 is 9.88 Å². The first-order valence-corrected chi connectivity index (χ1v) is 12.2. The molecule has 6 rings (SSSR count). The summed E-state index contributed by atoms with van der Waals surface area (Å²) in [6.45, 7) is 3.86. The lowest BCUT2D eigenvalue weighted by Gasteiger charge is -2.28. The molecular formula is C25H31N5O2. The molecule has 4 aliphatic rings. The smallest absolute Gasteiger partial charge is 0.254 e. The van der Waals surface area contributed by atoms with E-state index in [2.05, 4.69) is 14.9 Å². The van der Waals surface area contributed by atoms with Gasteiger partial charge in [-0.15, -0.1) is 0 Å². The molecule has 3 atom stereocenters. The molecule has 0 bridgehead atoms. The Balaban J connectivity index is 1.15. The molecule has 2 saturated carbocycles. The number of hydrogen-bond acceptors (Lipinski definition) is 5. The fourth-order valence-electron chi connectivity index (χ4n) is 6.34. The molecule has 0 aromatic carbocycles. The van der Waals surface area contributed by atoms with Crippen LogP contribution in [-0.2, 0) is 24.3 Å². The van der Waals surface area contributed by atoms with Crippen molar-refractivity contribution < 1.29 is 4.79 Å². The van der Waals surface area contributed by atoms with E-state index in [1.807, 2.05) is 29.4 Å². The summed E-state index contributed by atoms with van der Waals surface area (Å²) in [7, 11) is 0. The number of carbonyl (C=O) groups excluding carboxylic acids is 1. The summed E-state index contributed by atoms with van der Waals surface area (Å²) in [6, 6.07) is 4.07. The highest BCUT2D eigenvalue weighted by Crippen LogP contribution is 2.56. The summed E-state index contributed by atoms with van der Waals surface area (Å²) in [5.74, 6) is 2.81. The van der Waals surface area contributed by atoms with Gasteiger partial charge in [0.05, 0.1) is 5.69 Å². The van der Waals surface area contributed by atoms with Gasteiger partial charge in [-0.1, -0.05) is 12.8 Å². The monoisotopic (exact) mass is 433 g/mol. The van der Waals surface area contributed by atoms with Gasteiger partial charge in [0, 0.05) is 62.5 Å². The Bertz CT molecular complexity index is 1060. The fourth-order valence-corrected chi connectivity index (χ4v) is 6.34. The number of pyridine rings is 1. The van der Waals surface area contributed by atoms with Crippen LogP contribution < -0.4 is 5.56 Å². The zero-order chi connectivity index (χ0) is 21.7. The van der Waals surface area contributed by atoms with Crippen molar-refractivity contribution in [1.82, 2.24) is 24.8 Å². The van der Waals surface area contributed by atoms with E-state index in [1.54, 1.807) is 0 Å². The lowest BCUT2D eigenvalue weighted by molar-refractivity contribution is -0.132. The topological polar surface area (TPSA) is 82.2 Å². The Morgan fingerprint density at radius 3 is 2.66 bits per heavy atom. The van der Waals surface area contributed by atoms with Gasteiger partial charge in [-0.05, 0) is 55.2 Å². The maximum Gasteiger partial charge on any atom is 0.254 e. The van der Waals surface area contributed by atoms with Gasteiger partial charge in [-0.25, -0.2) is 4.98 Å². The van der Waals surface area contributed by atoms with Crippen LogP contribution in [-0.4, -0.2) is 50.3 Å². The van der Waals surface area contributed by atoms with Crippen LogP contribution in [0.1, 0.15) is 60.7 Å². The third-order valence-corrected chi connectivity index (χ3v) is 8.15. The summed E-state index contributed by atoms with van der Waals surface area (Å²) >= 11 is 0. The van der Waals surface area contributed by atoms with E-state index < -0.39 is 0 Å². The van der Waals surface area contributed by atoms with Gasteiger partial charge in [-0.3, -0.25) is 19.5 Å². The molecule has 2 aromatic heterocycles. The number of likely N-dealkylation sites (tertiary alicyclic amines) is 1. The van der Waals surface area contributed by atoms with Crippen LogP contribution >= 0.6 is 0 Å². The number of nitrogens with zero attached hydrogens (tertiary/aromatic N) is 4. The van der Waals surface area contributed by atoms with Crippen LogP contribution in [0.4, 0.5) is 0 Å². The summed E-state index contributed by atoms with van der Waals surface area (Å²) in [6.07, 6.45) is 10.3. The van der Waals surface area contributed by atoms with Crippen molar-refractivity contribution in [2.75, 3.05) is 19.6 Å². The lowest BCUT2D eigenvalue weighted by Crippen LogP contribution is -2.36. The van der Waals surface area contributed by atoms with E-state index in [9.17, 15) is 9.59 Å². The number of fused-ring (bicyclic) bond motifs is 2. The minimum Gasteiger partial charge on any atom is -0.342 e. The first-order chi connectivity index (χ1) is 15.7. The van der Waals surface area contributed by atoms with Crippen LogP contribution in [0.15, 0.2) is 29.3 Å². The van der Waals surface area contributed by atoms with Crippen LogP contribution in [0.25, 0.3) is 0 Å². The number of H-pyrrole nitrogens is 1.